The number of hydrogen-bond acceptors (Lipinski definition) is 1. The quantitative estimate of drug-likeness (QED) is 0.724. The molecule has 1 saturated carbocycles. The molecule has 0 atom stereocenters. The normalized spacial score (nSPS) is 18.6. The van der Waals surface area contributed by atoms with Crippen LogP contribution in [0.5, 0.6) is 0 Å². The predicted molar refractivity (Wildman–Crippen MR) is 56.7 cm³/mol. The summed E-state index contributed by atoms with van der Waals surface area (Å²) in [5.74, 6) is 0. The van der Waals surface area contributed by atoms with Crippen LogP contribution in [-0.4, -0.2) is 23.9 Å². The van der Waals surface area contributed by atoms with E-state index in [0.717, 1.165) is 25.7 Å². The van der Waals surface area contributed by atoms with Gasteiger partial charge in [-0.15, -0.1) is 0 Å². The van der Waals surface area contributed by atoms with E-state index in [0.29, 0.717) is 0 Å². The molecule has 1 aliphatic rings. The summed E-state index contributed by atoms with van der Waals surface area (Å²) in [6.07, 6.45) is 1.24. The Balaban J connectivity index is 2.17. The number of thiocarbonyl (C=S) groups is 1. The molecule has 0 spiro atoms. The maximum Gasteiger partial charge on any atom is 0.405 e. The molecule has 6 heteroatoms. The Morgan fingerprint density at radius 1 is 1.20 bits per heavy atom. The maximum atomic E-state index is 11.8. The van der Waals surface area contributed by atoms with Gasteiger partial charge in [0, 0.05) is 6.04 Å². The van der Waals surface area contributed by atoms with Gasteiger partial charge in [-0.3, -0.25) is 0 Å². The second kappa shape index (κ2) is 5.53. The van der Waals surface area contributed by atoms with Gasteiger partial charge in [0.1, 0.15) is 6.54 Å². The maximum absolute atomic E-state index is 11.8. The van der Waals surface area contributed by atoms with Crippen molar-refractivity contribution < 1.29 is 13.2 Å². The Morgan fingerprint density at radius 3 is 2.33 bits per heavy atom. The van der Waals surface area contributed by atoms with Crippen LogP contribution in [0, 0.1) is 0 Å². The molecule has 0 saturated heterocycles. The zero-order chi connectivity index (χ0) is 11.3. The summed E-state index contributed by atoms with van der Waals surface area (Å²) in [6.45, 7) is -1.06. The lowest BCUT2D eigenvalue weighted by Gasteiger charge is -2.24. The molecule has 0 unspecified atom stereocenters. The van der Waals surface area contributed by atoms with Crippen molar-refractivity contribution in [3.8, 4) is 0 Å². The number of nitrogens with one attached hydrogen (secondary N) is 2. The molecule has 0 heterocycles. The van der Waals surface area contributed by atoms with Crippen LogP contribution >= 0.6 is 12.2 Å². The van der Waals surface area contributed by atoms with Crippen LogP contribution in [0.25, 0.3) is 0 Å². The van der Waals surface area contributed by atoms with Gasteiger partial charge in [0.2, 0.25) is 0 Å². The molecule has 0 aliphatic heterocycles. The standard InChI is InChI=1S/C9H15F3N2S/c10-9(11,12)6-13-8(15)14-7-4-2-1-3-5-7/h7H,1-6H2,(H2,13,14,15). The Hall–Kier alpha value is -0.520. The first-order chi connectivity index (χ1) is 6.97. The van der Waals surface area contributed by atoms with Crippen LogP contribution in [0.1, 0.15) is 32.1 Å². The lowest BCUT2D eigenvalue weighted by molar-refractivity contribution is -0.122. The third-order valence-corrected chi connectivity index (χ3v) is 2.65. The second-order valence-corrected chi connectivity index (χ2v) is 4.19. The van der Waals surface area contributed by atoms with E-state index < -0.39 is 12.7 Å². The summed E-state index contributed by atoms with van der Waals surface area (Å²) in [6, 6.07) is 0.243. The van der Waals surface area contributed by atoms with Gasteiger partial charge < -0.3 is 10.6 Å². The van der Waals surface area contributed by atoms with Gasteiger partial charge in [-0.1, -0.05) is 19.3 Å². The summed E-state index contributed by atoms with van der Waals surface area (Å²) in [5.41, 5.74) is 0. The SMILES string of the molecule is FC(F)(F)CNC(=S)NC1CCCCC1. The van der Waals surface area contributed by atoms with Gasteiger partial charge in [-0.05, 0) is 25.1 Å². The van der Waals surface area contributed by atoms with E-state index in [9.17, 15) is 13.2 Å². The van der Waals surface area contributed by atoms with Gasteiger partial charge in [0.25, 0.3) is 0 Å². The second-order valence-electron chi connectivity index (χ2n) is 3.78. The third kappa shape index (κ3) is 5.81. The zero-order valence-corrected chi connectivity index (χ0v) is 9.18. The minimum absolute atomic E-state index is 0.110. The first-order valence-electron chi connectivity index (χ1n) is 5.08. The fourth-order valence-corrected chi connectivity index (χ4v) is 1.90. The highest BCUT2D eigenvalue weighted by Crippen LogP contribution is 2.17. The molecule has 1 fully saturated rings. The fraction of sp³-hybridized carbons (Fsp3) is 0.889. The molecule has 2 N–H and O–H groups in total. The van der Waals surface area contributed by atoms with Crippen LogP contribution in [0.2, 0.25) is 0 Å². The highest BCUT2D eigenvalue weighted by atomic mass is 32.1. The Labute approximate surface area is 92.6 Å². The molecule has 0 aromatic rings. The van der Waals surface area contributed by atoms with E-state index in [2.05, 4.69) is 10.6 Å². The van der Waals surface area contributed by atoms with Crippen molar-refractivity contribution in [2.24, 2.45) is 0 Å². The van der Waals surface area contributed by atoms with Crippen molar-refractivity contribution in [1.29, 1.82) is 0 Å². The molecule has 0 radical (unpaired) electrons. The number of hydrogen-bond donors (Lipinski definition) is 2. The highest BCUT2D eigenvalue weighted by Gasteiger charge is 2.27. The lowest BCUT2D eigenvalue weighted by Crippen LogP contribution is -2.45. The van der Waals surface area contributed by atoms with Crippen molar-refractivity contribution in [3.63, 3.8) is 0 Å². The van der Waals surface area contributed by atoms with Crippen LogP contribution in [0.3, 0.4) is 0 Å². The van der Waals surface area contributed by atoms with Crippen LogP contribution < -0.4 is 10.6 Å². The lowest BCUT2D eigenvalue weighted by atomic mass is 9.96. The van der Waals surface area contributed by atoms with Crippen molar-refractivity contribution in [1.82, 2.24) is 10.6 Å². The molecule has 1 aliphatic carbocycles. The molecule has 2 nitrogen and oxygen atoms in total. The van der Waals surface area contributed by atoms with E-state index in [1.165, 1.54) is 6.42 Å². The van der Waals surface area contributed by atoms with Gasteiger partial charge >= 0.3 is 6.18 Å². The molecule has 0 aromatic carbocycles. The van der Waals surface area contributed by atoms with E-state index >= 15 is 0 Å². The van der Waals surface area contributed by atoms with Gasteiger partial charge in [0.15, 0.2) is 5.11 Å². The number of halogens is 3. The van der Waals surface area contributed by atoms with E-state index in [1.807, 2.05) is 0 Å². The van der Waals surface area contributed by atoms with Gasteiger partial charge in [-0.2, -0.15) is 13.2 Å². The van der Waals surface area contributed by atoms with E-state index in [1.54, 1.807) is 0 Å². The van der Waals surface area contributed by atoms with Gasteiger partial charge in [-0.25, -0.2) is 0 Å². The fourth-order valence-electron chi connectivity index (χ4n) is 1.66. The number of alkyl halides is 3. The smallest absolute Gasteiger partial charge is 0.360 e. The highest BCUT2D eigenvalue weighted by molar-refractivity contribution is 7.80. The van der Waals surface area contributed by atoms with Crippen molar-refractivity contribution >= 4 is 17.3 Å². The monoisotopic (exact) mass is 240 g/mol. The third-order valence-electron chi connectivity index (χ3n) is 2.39. The topological polar surface area (TPSA) is 24.1 Å². The molecular formula is C9H15F3N2S. The Kier molecular flexibility index (Phi) is 4.63. The van der Waals surface area contributed by atoms with Gasteiger partial charge in [0.05, 0.1) is 0 Å². The van der Waals surface area contributed by atoms with E-state index in [-0.39, 0.29) is 11.2 Å². The Bertz CT molecular complexity index is 212. The zero-order valence-electron chi connectivity index (χ0n) is 8.36. The first kappa shape index (κ1) is 12.5. The molecule has 88 valence electrons. The summed E-state index contributed by atoms with van der Waals surface area (Å²) in [7, 11) is 0. The van der Waals surface area contributed by atoms with Crippen molar-refractivity contribution in [2.45, 2.75) is 44.3 Å². The summed E-state index contributed by atoms with van der Waals surface area (Å²) >= 11 is 4.78. The molecule has 1 rings (SSSR count). The number of rotatable bonds is 2. The summed E-state index contributed by atoms with van der Waals surface area (Å²) in [5, 5.41) is 5.19. The van der Waals surface area contributed by atoms with Crippen LogP contribution in [0.4, 0.5) is 13.2 Å². The summed E-state index contributed by atoms with van der Waals surface area (Å²) < 4.78 is 35.5. The van der Waals surface area contributed by atoms with Crippen LogP contribution in [0.15, 0.2) is 0 Å². The van der Waals surface area contributed by atoms with E-state index in [4.69, 9.17) is 12.2 Å². The minimum atomic E-state index is -4.21. The summed E-state index contributed by atoms with van der Waals surface area (Å²) in [4.78, 5) is 0. The van der Waals surface area contributed by atoms with Crippen LogP contribution in [-0.2, 0) is 0 Å². The average molecular weight is 240 g/mol. The molecule has 0 bridgehead atoms. The molecule has 0 aromatic heterocycles. The largest absolute Gasteiger partial charge is 0.405 e. The van der Waals surface area contributed by atoms with Crippen molar-refractivity contribution in [3.05, 3.63) is 0 Å². The molecule has 15 heavy (non-hydrogen) atoms. The minimum Gasteiger partial charge on any atom is -0.360 e. The molecular weight excluding hydrogens is 225 g/mol. The predicted octanol–water partition coefficient (Wildman–Crippen LogP) is 2.35. The molecule has 0 amide bonds. The van der Waals surface area contributed by atoms with Crippen molar-refractivity contribution in [2.75, 3.05) is 6.54 Å². The Morgan fingerprint density at radius 2 is 1.80 bits per heavy atom. The first-order valence-corrected chi connectivity index (χ1v) is 5.49. The average Bonchev–Trinajstić information content (AvgIpc) is 2.15.